The van der Waals surface area contributed by atoms with Crippen LogP contribution in [0.15, 0.2) is 22.8 Å². The van der Waals surface area contributed by atoms with Crippen molar-refractivity contribution in [3.8, 4) is 0 Å². The van der Waals surface area contributed by atoms with E-state index in [1.165, 1.54) is 6.26 Å². The number of alkyl halides is 1. The lowest BCUT2D eigenvalue weighted by molar-refractivity contribution is 0.459. The summed E-state index contributed by atoms with van der Waals surface area (Å²) < 4.78 is 30.9. The van der Waals surface area contributed by atoms with E-state index < -0.39 is 10.0 Å². The molecule has 0 spiro atoms. The van der Waals surface area contributed by atoms with Crippen LogP contribution in [0.2, 0.25) is 0 Å². The molecule has 0 saturated carbocycles. The molecule has 0 saturated heterocycles. The zero-order valence-corrected chi connectivity index (χ0v) is 10.7. The summed E-state index contributed by atoms with van der Waals surface area (Å²) in [7, 11) is -3.25. The van der Waals surface area contributed by atoms with Gasteiger partial charge in [-0.1, -0.05) is 0 Å². The molecule has 0 radical (unpaired) electrons. The highest BCUT2D eigenvalue weighted by atomic mass is 35.5. The minimum Gasteiger partial charge on any atom is -0.468 e. The second-order valence-electron chi connectivity index (χ2n) is 3.57. The summed E-state index contributed by atoms with van der Waals surface area (Å²) in [5.74, 6) is 1.20. The van der Waals surface area contributed by atoms with Gasteiger partial charge in [-0.3, -0.25) is 0 Å². The number of furan rings is 1. The van der Waals surface area contributed by atoms with Gasteiger partial charge in [0.15, 0.2) is 0 Å². The number of nitrogens with one attached hydrogen (secondary N) is 1. The molecule has 4 nitrogen and oxygen atoms in total. The molecule has 16 heavy (non-hydrogen) atoms. The Hall–Kier alpha value is -0.520. The van der Waals surface area contributed by atoms with E-state index >= 15 is 0 Å². The van der Waals surface area contributed by atoms with Gasteiger partial charge in [-0.2, -0.15) is 0 Å². The van der Waals surface area contributed by atoms with Crippen molar-refractivity contribution in [2.45, 2.75) is 25.8 Å². The first-order valence-electron chi connectivity index (χ1n) is 5.14. The molecule has 0 aliphatic rings. The van der Waals surface area contributed by atoms with E-state index in [1.807, 2.05) is 0 Å². The molecule has 0 aliphatic heterocycles. The SMILES string of the molecule is C[C@H](NS(=O)(=O)CCCCCl)c1ccco1. The quantitative estimate of drug-likeness (QED) is 0.608. The van der Waals surface area contributed by atoms with Gasteiger partial charge in [-0.25, -0.2) is 13.1 Å². The summed E-state index contributed by atoms with van der Waals surface area (Å²) in [5.41, 5.74) is 0. The van der Waals surface area contributed by atoms with Crippen LogP contribution in [0.3, 0.4) is 0 Å². The average molecular weight is 266 g/mol. The van der Waals surface area contributed by atoms with E-state index in [-0.39, 0.29) is 11.8 Å². The van der Waals surface area contributed by atoms with Crippen LogP contribution in [-0.4, -0.2) is 20.1 Å². The summed E-state index contributed by atoms with van der Waals surface area (Å²) in [6.07, 6.45) is 2.80. The fourth-order valence-corrected chi connectivity index (χ4v) is 2.86. The molecule has 1 atom stereocenters. The van der Waals surface area contributed by atoms with E-state index in [1.54, 1.807) is 19.1 Å². The normalized spacial score (nSPS) is 13.9. The highest BCUT2D eigenvalue weighted by Gasteiger charge is 2.16. The third-order valence-corrected chi connectivity index (χ3v) is 3.93. The Kier molecular flexibility index (Phi) is 5.31. The van der Waals surface area contributed by atoms with Crippen LogP contribution in [-0.2, 0) is 10.0 Å². The molecule has 92 valence electrons. The lowest BCUT2D eigenvalue weighted by Gasteiger charge is -2.11. The van der Waals surface area contributed by atoms with Crippen LogP contribution < -0.4 is 4.72 Å². The molecular weight excluding hydrogens is 250 g/mol. The standard InChI is InChI=1S/C10H16ClNO3S/c1-9(10-5-4-7-15-10)12-16(13,14)8-3-2-6-11/h4-5,7,9,12H,2-3,6,8H2,1H3/t9-/m0/s1. The summed E-state index contributed by atoms with van der Waals surface area (Å²) in [4.78, 5) is 0. The minimum atomic E-state index is -3.25. The minimum absolute atomic E-state index is 0.102. The van der Waals surface area contributed by atoms with Crippen molar-refractivity contribution in [1.82, 2.24) is 4.72 Å². The molecule has 1 aromatic rings. The molecule has 0 fully saturated rings. The predicted octanol–water partition coefficient (Wildman–Crippen LogP) is 2.28. The van der Waals surface area contributed by atoms with Gasteiger partial charge in [-0.15, -0.1) is 11.6 Å². The van der Waals surface area contributed by atoms with E-state index in [0.717, 1.165) is 0 Å². The molecule has 1 N–H and O–H groups in total. The lowest BCUT2D eigenvalue weighted by atomic mass is 10.3. The van der Waals surface area contributed by atoms with Gasteiger partial charge in [0.2, 0.25) is 10.0 Å². The van der Waals surface area contributed by atoms with Crippen molar-refractivity contribution >= 4 is 21.6 Å². The first kappa shape index (κ1) is 13.5. The van der Waals surface area contributed by atoms with Crippen molar-refractivity contribution in [2.75, 3.05) is 11.6 Å². The molecule has 1 rings (SSSR count). The predicted molar refractivity (Wildman–Crippen MR) is 64.0 cm³/mol. The van der Waals surface area contributed by atoms with Crippen LogP contribution in [0.5, 0.6) is 0 Å². The second kappa shape index (κ2) is 6.27. The molecule has 1 heterocycles. The van der Waals surface area contributed by atoms with Crippen LogP contribution >= 0.6 is 11.6 Å². The number of halogens is 1. The monoisotopic (exact) mass is 265 g/mol. The molecule has 6 heteroatoms. The third-order valence-electron chi connectivity index (χ3n) is 2.12. The second-order valence-corrected chi connectivity index (χ2v) is 5.82. The molecule has 0 aromatic carbocycles. The number of sulfonamides is 1. The summed E-state index contributed by atoms with van der Waals surface area (Å²) in [6, 6.07) is 3.13. The van der Waals surface area contributed by atoms with E-state index in [0.29, 0.717) is 24.5 Å². The van der Waals surface area contributed by atoms with E-state index in [4.69, 9.17) is 16.0 Å². The summed E-state index contributed by atoms with van der Waals surface area (Å²) in [5, 5.41) is 0. The smallest absolute Gasteiger partial charge is 0.212 e. The Bertz CT molecular complexity index is 388. The third kappa shape index (κ3) is 4.55. The van der Waals surface area contributed by atoms with Gasteiger partial charge in [0.05, 0.1) is 18.1 Å². The van der Waals surface area contributed by atoms with Crippen molar-refractivity contribution in [3.05, 3.63) is 24.2 Å². The van der Waals surface area contributed by atoms with Crippen LogP contribution in [0.4, 0.5) is 0 Å². The topological polar surface area (TPSA) is 59.3 Å². The van der Waals surface area contributed by atoms with Crippen molar-refractivity contribution in [2.24, 2.45) is 0 Å². The van der Waals surface area contributed by atoms with Gasteiger partial charge in [0, 0.05) is 5.88 Å². The van der Waals surface area contributed by atoms with Gasteiger partial charge in [0.1, 0.15) is 5.76 Å². The molecule has 1 aromatic heterocycles. The Labute approximate surface area is 101 Å². The lowest BCUT2D eigenvalue weighted by Crippen LogP contribution is -2.29. The first-order chi connectivity index (χ1) is 7.55. The Balaban J connectivity index is 2.46. The maximum absolute atomic E-state index is 11.6. The number of hydrogen-bond acceptors (Lipinski definition) is 3. The Morgan fingerprint density at radius 3 is 2.81 bits per heavy atom. The summed E-state index contributed by atoms with van der Waals surface area (Å²) >= 11 is 5.49. The zero-order chi connectivity index (χ0) is 12.0. The Morgan fingerprint density at radius 2 is 2.25 bits per heavy atom. The van der Waals surface area contributed by atoms with Gasteiger partial charge < -0.3 is 4.42 Å². The van der Waals surface area contributed by atoms with Crippen molar-refractivity contribution in [3.63, 3.8) is 0 Å². The molecule has 0 amide bonds. The van der Waals surface area contributed by atoms with E-state index in [9.17, 15) is 8.42 Å². The highest BCUT2D eigenvalue weighted by Crippen LogP contribution is 2.13. The van der Waals surface area contributed by atoms with Crippen LogP contribution in [0.1, 0.15) is 31.6 Å². The highest BCUT2D eigenvalue weighted by molar-refractivity contribution is 7.89. The van der Waals surface area contributed by atoms with Crippen LogP contribution in [0.25, 0.3) is 0 Å². The van der Waals surface area contributed by atoms with Crippen LogP contribution in [0, 0.1) is 0 Å². The maximum atomic E-state index is 11.6. The zero-order valence-electron chi connectivity index (χ0n) is 9.15. The van der Waals surface area contributed by atoms with Crippen molar-refractivity contribution in [1.29, 1.82) is 0 Å². The largest absolute Gasteiger partial charge is 0.468 e. The fraction of sp³-hybridized carbons (Fsp3) is 0.600. The first-order valence-corrected chi connectivity index (χ1v) is 7.33. The number of unbranched alkanes of at least 4 members (excludes halogenated alkanes) is 1. The van der Waals surface area contributed by atoms with Gasteiger partial charge in [0.25, 0.3) is 0 Å². The molecule has 0 aliphatic carbocycles. The van der Waals surface area contributed by atoms with Gasteiger partial charge in [-0.05, 0) is 31.9 Å². The van der Waals surface area contributed by atoms with Crippen molar-refractivity contribution < 1.29 is 12.8 Å². The number of hydrogen-bond donors (Lipinski definition) is 1. The van der Waals surface area contributed by atoms with Gasteiger partial charge >= 0.3 is 0 Å². The summed E-state index contributed by atoms with van der Waals surface area (Å²) in [6.45, 7) is 1.75. The fourth-order valence-electron chi connectivity index (χ4n) is 1.31. The molecular formula is C10H16ClNO3S. The number of rotatable bonds is 7. The molecule has 0 unspecified atom stereocenters. The maximum Gasteiger partial charge on any atom is 0.212 e. The molecule has 0 bridgehead atoms. The average Bonchev–Trinajstić information content (AvgIpc) is 2.69. The Morgan fingerprint density at radius 1 is 1.50 bits per heavy atom. The van der Waals surface area contributed by atoms with E-state index in [2.05, 4.69) is 4.72 Å².